The van der Waals surface area contributed by atoms with E-state index >= 15 is 0 Å². The van der Waals surface area contributed by atoms with Crippen LogP contribution in [0.15, 0.2) is 0 Å². The van der Waals surface area contributed by atoms with Crippen LogP contribution in [0.25, 0.3) is 0 Å². The molecule has 0 heterocycles. The molecule has 0 rings (SSSR count). The van der Waals surface area contributed by atoms with Gasteiger partial charge in [0.25, 0.3) is 0 Å². The summed E-state index contributed by atoms with van der Waals surface area (Å²) < 4.78 is 0. The maximum absolute atomic E-state index is 8.89. The Hall–Kier alpha value is 0.951. The first kappa shape index (κ1) is 15.8. The number of aliphatic carboxylic acids is 1. The van der Waals surface area contributed by atoms with Crippen LogP contribution in [0, 0.1) is 0 Å². The fourth-order valence-electron chi connectivity index (χ4n) is 0. The average Bonchev–Trinajstić information content (AvgIpc) is 0.811. The summed E-state index contributed by atoms with van der Waals surface area (Å²) in [5.74, 6) is -1.08. The summed E-state index contributed by atoms with van der Waals surface area (Å²) >= 11 is 0. The molecule has 0 aliphatic heterocycles. The minimum absolute atomic E-state index is 0. The molecule has 0 aromatic rings. The first-order valence-electron chi connectivity index (χ1n) is 0.908. The van der Waals surface area contributed by atoms with Crippen molar-refractivity contribution < 1.29 is 54.7 Å². The first-order valence-corrected chi connectivity index (χ1v) is 0.908. The van der Waals surface area contributed by atoms with E-state index in [1.165, 1.54) is 0 Å². The van der Waals surface area contributed by atoms with Gasteiger partial charge in [-0.3, -0.25) is 0 Å². The van der Waals surface area contributed by atoms with Crippen LogP contribution in [0.5, 0.6) is 0 Å². The Balaban J connectivity index is -0.0000000450. The number of rotatable bonds is 0. The van der Waals surface area contributed by atoms with Crippen molar-refractivity contribution in [1.29, 1.82) is 0 Å². The van der Waals surface area contributed by atoms with Gasteiger partial charge in [-0.1, -0.05) is 0 Å². The SMILES string of the molecule is CC(=O)[O-].[Ag+].[Ag]. The molecule has 0 aromatic carbocycles. The van der Waals surface area contributed by atoms with E-state index < -0.39 is 5.97 Å². The molecule has 1 radical (unpaired) electrons. The minimum atomic E-state index is -1.08. The summed E-state index contributed by atoms with van der Waals surface area (Å²) in [6.07, 6.45) is 0. The van der Waals surface area contributed by atoms with Crippen LogP contribution in [0.4, 0.5) is 0 Å². The van der Waals surface area contributed by atoms with Gasteiger partial charge in [0, 0.05) is 28.3 Å². The van der Waals surface area contributed by atoms with E-state index in [1.807, 2.05) is 0 Å². The van der Waals surface area contributed by atoms with Crippen molar-refractivity contribution in [1.82, 2.24) is 0 Å². The van der Waals surface area contributed by atoms with E-state index in [-0.39, 0.29) is 44.8 Å². The molecule has 0 bridgehead atoms. The molecule has 0 amide bonds. The molecule has 0 aliphatic carbocycles. The van der Waals surface area contributed by atoms with E-state index in [0.29, 0.717) is 0 Å². The summed E-state index contributed by atoms with van der Waals surface area (Å²) in [7, 11) is 0. The molecular formula is C2H3Ag2O2. The normalized spacial score (nSPS) is 4.17. The summed E-state index contributed by atoms with van der Waals surface area (Å²) in [5, 5.41) is 8.89. The van der Waals surface area contributed by atoms with Crippen LogP contribution < -0.4 is 5.11 Å². The van der Waals surface area contributed by atoms with Gasteiger partial charge in [0.15, 0.2) is 0 Å². The van der Waals surface area contributed by atoms with Crippen molar-refractivity contribution in [3.05, 3.63) is 0 Å². The van der Waals surface area contributed by atoms with Crippen molar-refractivity contribution >= 4 is 5.97 Å². The van der Waals surface area contributed by atoms with Crippen LogP contribution in [-0.4, -0.2) is 5.97 Å². The molecule has 0 atom stereocenters. The number of carboxylic acids is 1. The predicted octanol–water partition coefficient (Wildman–Crippen LogP) is -1.25. The first-order chi connectivity index (χ1) is 1.73. The predicted molar refractivity (Wildman–Crippen MR) is 10.7 cm³/mol. The summed E-state index contributed by atoms with van der Waals surface area (Å²) in [5.41, 5.74) is 0. The molecular weight excluding hydrogens is 272 g/mol. The standard InChI is InChI=1S/C2H4O2.2Ag/c1-2(3)4;;/h1H3,(H,3,4);;/q;;+1/p-1. The third-order valence-electron chi connectivity index (χ3n) is 0. The van der Waals surface area contributed by atoms with Gasteiger partial charge < -0.3 is 9.90 Å². The molecule has 0 aromatic heterocycles. The average molecular weight is 275 g/mol. The van der Waals surface area contributed by atoms with E-state index in [1.54, 1.807) is 0 Å². The van der Waals surface area contributed by atoms with Crippen molar-refractivity contribution in [2.45, 2.75) is 6.92 Å². The van der Waals surface area contributed by atoms with Gasteiger partial charge in [0.1, 0.15) is 0 Å². The Kier molecular flexibility index (Phi) is 24.6. The smallest absolute Gasteiger partial charge is 0.550 e. The summed E-state index contributed by atoms with van der Waals surface area (Å²) in [6, 6.07) is 0. The number of hydrogen-bond acceptors (Lipinski definition) is 2. The zero-order valence-corrected chi connectivity index (χ0v) is 5.88. The Morgan fingerprint density at radius 1 is 1.67 bits per heavy atom. The third-order valence-corrected chi connectivity index (χ3v) is 0. The van der Waals surface area contributed by atoms with Crippen LogP contribution in [0.1, 0.15) is 6.92 Å². The zero-order valence-electron chi connectivity index (χ0n) is 2.92. The third kappa shape index (κ3) is 85.5. The minimum Gasteiger partial charge on any atom is -0.550 e. The maximum atomic E-state index is 8.89. The van der Waals surface area contributed by atoms with Gasteiger partial charge in [-0.05, 0) is 6.92 Å². The van der Waals surface area contributed by atoms with E-state index in [0.717, 1.165) is 6.92 Å². The number of carboxylic acid groups (broad SMARTS) is 1. The molecule has 45 valence electrons. The fraction of sp³-hybridized carbons (Fsp3) is 0.500. The van der Waals surface area contributed by atoms with E-state index in [2.05, 4.69) is 0 Å². The topological polar surface area (TPSA) is 40.1 Å². The van der Waals surface area contributed by atoms with Crippen LogP contribution in [0.2, 0.25) is 0 Å². The van der Waals surface area contributed by atoms with Gasteiger partial charge >= 0.3 is 22.4 Å². The summed E-state index contributed by atoms with van der Waals surface area (Å²) in [4.78, 5) is 8.89. The molecule has 0 saturated carbocycles. The Bertz CT molecular complexity index is 32.5. The second-order valence-corrected chi connectivity index (χ2v) is 0.492. The van der Waals surface area contributed by atoms with Gasteiger partial charge in [-0.25, -0.2) is 0 Å². The molecule has 0 saturated heterocycles. The van der Waals surface area contributed by atoms with Crippen molar-refractivity contribution in [2.24, 2.45) is 0 Å². The van der Waals surface area contributed by atoms with Gasteiger partial charge in [-0.15, -0.1) is 0 Å². The Morgan fingerprint density at radius 3 is 1.67 bits per heavy atom. The molecule has 0 N–H and O–H groups in total. The second kappa shape index (κ2) is 9.34. The summed E-state index contributed by atoms with van der Waals surface area (Å²) in [6.45, 7) is 0.972. The second-order valence-electron chi connectivity index (χ2n) is 0.492. The monoisotopic (exact) mass is 273 g/mol. The van der Waals surface area contributed by atoms with Crippen LogP contribution in [0.3, 0.4) is 0 Å². The quantitative estimate of drug-likeness (QED) is 0.518. The largest absolute Gasteiger partial charge is 1.00 e. The molecule has 0 fully saturated rings. The Labute approximate surface area is 67.3 Å². The van der Waals surface area contributed by atoms with Gasteiger partial charge in [0.05, 0.1) is 0 Å². The molecule has 6 heavy (non-hydrogen) atoms. The van der Waals surface area contributed by atoms with E-state index in [9.17, 15) is 0 Å². The van der Waals surface area contributed by atoms with Crippen molar-refractivity contribution in [3.63, 3.8) is 0 Å². The van der Waals surface area contributed by atoms with Gasteiger partial charge in [-0.2, -0.15) is 0 Å². The molecule has 0 spiro atoms. The molecule has 0 aliphatic rings. The number of hydrogen-bond donors (Lipinski definition) is 0. The molecule has 4 heteroatoms. The van der Waals surface area contributed by atoms with Crippen molar-refractivity contribution in [3.8, 4) is 0 Å². The fourth-order valence-corrected chi connectivity index (χ4v) is 0. The molecule has 2 nitrogen and oxygen atoms in total. The van der Waals surface area contributed by atoms with Crippen LogP contribution in [-0.2, 0) is 49.6 Å². The van der Waals surface area contributed by atoms with E-state index in [4.69, 9.17) is 9.90 Å². The van der Waals surface area contributed by atoms with Crippen LogP contribution >= 0.6 is 0 Å². The number of carbonyl (C=O) groups is 1. The van der Waals surface area contributed by atoms with Gasteiger partial charge in [0.2, 0.25) is 0 Å². The zero-order chi connectivity index (χ0) is 3.58. The van der Waals surface area contributed by atoms with Crippen molar-refractivity contribution in [2.75, 3.05) is 0 Å². The Morgan fingerprint density at radius 2 is 1.67 bits per heavy atom. The molecule has 0 unspecified atom stereocenters. The number of carbonyl (C=O) groups excluding carboxylic acids is 1. The maximum Gasteiger partial charge on any atom is 1.00 e.